The van der Waals surface area contributed by atoms with Crippen LogP contribution in [0.3, 0.4) is 0 Å². The van der Waals surface area contributed by atoms with Crippen LogP contribution in [-0.2, 0) is 4.79 Å². The van der Waals surface area contributed by atoms with Gasteiger partial charge in [0, 0.05) is 31.8 Å². The van der Waals surface area contributed by atoms with Crippen molar-refractivity contribution in [3.63, 3.8) is 0 Å². The highest BCUT2D eigenvalue weighted by atomic mass is 16.4. The zero-order valence-electron chi connectivity index (χ0n) is 8.57. The molecule has 14 heavy (non-hydrogen) atoms. The molecule has 0 saturated heterocycles. The van der Waals surface area contributed by atoms with Crippen LogP contribution in [0.1, 0.15) is 12.8 Å². The number of carboxylic acid groups (broad SMARTS) is 1. The van der Waals surface area contributed by atoms with Crippen molar-refractivity contribution in [2.75, 3.05) is 26.7 Å². The lowest BCUT2D eigenvalue weighted by Gasteiger charge is -2.14. The van der Waals surface area contributed by atoms with Crippen LogP contribution in [0.4, 0.5) is 0 Å². The second-order valence-corrected chi connectivity index (χ2v) is 3.66. The third-order valence-corrected chi connectivity index (χ3v) is 2.33. The lowest BCUT2D eigenvalue weighted by molar-refractivity contribution is -0.131. The highest BCUT2D eigenvalue weighted by Crippen LogP contribution is 2.24. The fourth-order valence-electron chi connectivity index (χ4n) is 1.30. The molecule has 0 heterocycles. The number of hydrogen-bond donors (Lipinski definition) is 2. The van der Waals surface area contributed by atoms with Crippen LogP contribution in [0.25, 0.3) is 0 Å². The van der Waals surface area contributed by atoms with Gasteiger partial charge in [0.25, 0.3) is 0 Å². The molecule has 0 atom stereocenters. The summed E-state index contributed by atoms with van der Waals surface area (Å²) in [6.07, 6.45) is 5.45. The monoisotopic (exact) mass is 198 g/mol. The Bertz CT molecular complexity index is 212. The van der Waals surface area contributed by atoms with Crippen LogP contribution in [0, 0.1) is 0 Å². The maximum absolute atomic E-state index is 10.1. The van der Waals surface area contributed by atoms with Gasteiger partial charge in [-0.15, -0.1) is 0 Å². The first-order valence-corrected chi connectivity index (χ1v) is 5.00. The van der Waals surface area contributed by atoms with Crippen LogP contribution >= 0.6 is 0 Å². The zero-order valence-corrected chi connectivity index (χ0v) is 8.57. The fraction of sp³-hybridized carbons (Fsp3) is 0.700. The molecular formula is C10H18N2O2. The van der Waals surface area contributed by atoms with E-state index in [-0.39, 0.29) is 0 Å². The Labute approximate surface area is 84.6 Å². The summed E-state index contributed by atoms with van der Waals surface area (Å²) in [5, 5.41) is 11.5. The quantitative estimate of drug-likeness (QED) is 0.456. The molecule has 0 radical (unpaired) electrons. The van der Waals surface area contributed by atoms with E-state index in [1.807, 2.05) is 0 Å². The van der Waals surface area contributed by atoms with Crippen molar-refractivity contribution in [2.45, 2.75) is 18.9 Å². The summed E-state index contributed by atoms with van der Waals surface area (Å²) in [5.74, 6) is -0.887. The Kier molecular flexibility index (Phi) is 4.62. The van der Waals surface area contributed by atoms with Gasteiger partial charge in [-0.1, -0.05) is 6.08 Å². The number of likely N-dealkylation sites (N-methyl/N-ethyl adjacent to an activating group) is 1. The first-order chi connectivity index (χ1) is 6.70. The highest BCUT2D eigenvalue weighted by molar-refractivity contribution is 5.79. The molecule has 1 saturated carbocycles. The number of nitrogens with one attached hydrogen (secondary N) is 1. The molecule has 1 fully saturated rings. The van der Waals surface area contributed by atoms with Gasteiger partial charge in [0.05, 0.1) is 0 Å². The minimum atomic E-state index is -0.887. The molecule has 0 spiro atoms. The first kappa shape index (κ1) is 11.2. The smallest absolute Gasteiger partial charge is 0.328 e. The van der Waals surface area contributed by atoms with Gasteiger partial charge in [-0.2, -0.15) is 0 Å². The number of carboxylic acids is 1. The molecule has 0 unspecified atom stereocenters. The van der Waals surface area contributed by atoms with Gasteiger partial charge in [-0.25, -0.2) is 4.79 Å². The highest BCUT2D eigenvalue weighted by Gasteiger charge is 2.25. The number of rotatable bonds is 7. The third-order valence-electron chi connectivity index (χ3n) is 2.33. The van der Waals surface area contributed by atoms with Crippen molar-refractivity contribution in [3.8, 4) is 0 Å². The number of hydrogen-bond acceptors (Lipinski definition) is 3. The summed E-state index contributed by atoms with van der Waals surface area (Å²) in [6, 6.07) is 0.798. The topological polar surface area (TPSA) is 52.6 Å². The summed E-state index contributed by atoms with van der Waals surface area (Å²) in [6.45, 7) is 2.58. The van der Waals surface area contributed by atoms with Gasteiger partial charge in [-0.3, -0.25) is 0 Å². The molecule has 1 rings (SSSR count). The molecule has 80 valence electrons. The Balaban J connectivity index is 1.90. The van der Waals surface area contributed by atoms with Crippen molar-refractivity contribution in [1.29, 1.82) is 0 Å². The average Bonchev–Trinajstić information content (AvgIpc) is 2.92. The molecule has 4 nitrogen and oxygen atoms in total. The number of nitrogens with zero attached hydrogens (tertiary/aromatic N) is 1. The Morgan fingerprint density at radius 3 is 2.93 bits per heavy atom. The van der Waals surface area contributed by atoms with E-state index in [1.165, 1.54) is 12.8 Å². The van der Waals surface area contributed by atoms with E-state index in [0.717, 1.165) is 25.2 Å². The molecule has 4 heteroatoms. The van der Waals surface area contributed by atoms with Gasteiger partial charge in [-0.05, 0) is 19.9 Å². The van der Waals surface area contributed by atoms with Crippen molar-refractivity contribution in [1.82, 2.24) is 10.2 Å². The molecule has 1 aliphatic rings. The maximum Gasteiger partial charge on any atom is 0.328 e. The first-order valence-electron chi connectivity index (χ1n) is 5.00. The predicted molar refractivity (Wildman–Crippen MR) is 55.3 cm³/mol. The summed E-state index contributed by atoms with van der Waals surface area (Å²) in [4.78, 5) is 12.5. The molecule has 0 aromatic rings. The van der Waals surface area contributed by atoms with Crippen molar-refractivity contribution >= 4 is 5.97 Å². The largest absolute Gasteiger partial charge is 0.478 e. The molecule has 2 N–H and O–H groups in total. The van der Waals surface area contributed by atoms with Gasteiger partial charge < -0.3 is 15.3 Å². The van der Waals surface area contributed by atoms with Gasteiger partial charge in [0.2, 0.25) is 0 Å². The summed E-state index contributed by atoms with van der Waals surface area (Å²) in [5.41, 5.74) is 0. The number of aliphatic carboxylic acids is 1. The van der Waals surface area contributed by atoms with E-state index < -0.39 is 5.97 Å². The molecule has 1 aliphatic carbocycles. The molecule has 0 aliphatic heterocycles. The molecule has 0 bridgehead atoms. The molecular weight excluding hydrogens is 180 g/mol. The van der Waals surface area contributed by atoms with Crippen LogP contribution in [0.15, 0.2) is 12.2 Å². The molecule has 0 aromatic carbocycles. The normalized spacial score (nSPS) is 16.7. The Morgan fingerprint density at radius 1 is 1.64 bits per heavy atom. The van der Waals surface area contributed by atoms with E-state index in [1.54, 1.807) is 6.08 Å². The zero-order chi connectivity index (χ0) is 10.4. The van der Waals surface area contributed by atoms with Crippen molar-refractivity contribution in [3.05, 3.63) is 12.2 Å². The third kappa shape index (κ3) is 4.99. The minimum Gasteiger partial charge on any atom is -0.478 e. The van der Waals surface area contributed by atoms with E-state index in [4.69, 9.17) is 5.11 Å². The van der Waals surface area contributed by atoms with Gasteiger partial charge in [0.1, 0.15) is 0 Å². The lowest BCUT2D eigenvalue weighted by atomic mass is 10.4. The minimum absolute atomic E-state index is 0.630. The van der Waals surface area contributed by atoms with Crippen molar-refractivity contribution < 1.29 is 9.90 Å². The van der Waals surface area contributed by atoms with Gasteiger partial charge in [0.15, 0.2) is 0 Å². The predicted octanol–water partition coefficient (Wildman–Crippen LogP) is 0.311. The van der Waals surface area contributed by atoms with Crippen molar-refractivity contribution in [2.24, 2.45) is 0 Å². The molecule has 0 aromatic heterocycles. The molecule has 0 amide bonds. The van der Waals surface area contributed by atoms with Crippen LogP contribution < -0.4 is 5.32 Å². The van der Waals surface area contributed by atoms with Crippen LogP contribution in [-0.4, -0.2) is 48.7 Å². The van der Waals surface area contributed by atoms with E-state index in [0.29, 0.717) is 6.54 Å². The summed E-state index contributed by atoms with van der Waals surface area (Å²) in [7, 11) is 2.13. The van der Waals surface area contributed by atoms with Crippen LogP contribution in [0.2, 0.25) is 0 Å². The standard InChI is InChI=1S/C10H18N2O2/c1-12(9-4-5-9)8-7-11-6-2-3-10(13)14/h2-3,9,11H,4-8H2,1H3,(H,13,14)/b3-2+. The Morgan fingerprint density at radius 2 is 2.36 bits per heavy atom. The van der Waals surface area contributed by atoms with E-state index in [9.17, 15) is 4.79 Å². The summed E-state index contributed by atoms with van der Waals surface area (Å²) < 4.78 is 0. The number of carbonyl (C=O) groups is 1. The van der Waals surface area contributed by atoms with E-state index >= 15 is 0 Å². The second-order valence-electron chi connectivity index (χ2n) is 3.66. The SMILES string of the molecule is CN(CCNC/C=C/C(=O)O)C1CC1. The van der Waals surface area contributed by atoms with E-state index in [2.05, 4.69) is 17.3 Å². The lowest BCUT2D eigenvalue weighted by Crippen LogP contribution is -2.30. The Hall–Kier alpha value is -0.870. The fourth-order valence-corrected chi connectivity index (χ4v) is 1.30. The second kappa shape index (κ2) is 5.78. The van der Waals surface area contributed by atoms with Gasteiger partial charge >= 0.3 is 5.97 Å². The summed E-state index contributed by atoms with van der Waals surface area (Å²) >= 11 is 0. The average molecular weight is 198 g/mol. The van der Waals surface area contributed by atoms with Crippen LogP contribution in [0.5, 0.6) is 0 Å². The maximum atomic E-state index is 10.1.